The van der Waals surface area contributed by atoms with E-state index < -0.39 is 5.97 Å². The predicted molar refractivity (Wildman–Crippen MR) is 110 cm³/mol. The van der Waals surface area contributed by atoms with Crippen LogP contribution in [0.4, 0.5) is 0 Å². The number of carbonyl (C=O) groups is 2. The molecule has 1 amide bonds. The van der Waals surface area contributed by atoms with Crippen LogP contribution in [-0.2, 0) is 9.53 Å². The molecule has 0 radical (unpaired) electrons. The Morgan fingerprint density at radius 2 is 1.86 bits per heavy atom. The van der Waals surface area contributed by atoms with E-state index in [1.807, 2.05) is 19.9 Å². The largest absolute Gasteiger partial charge is 0.451 e. The van der Waals surface area contributed by atoms with Crippen LogP contribution in [0.1, 0.15) is 66.8 Å². The smallest absolute Gasteiger partial charge is 0.359 e. The molecule has 1 aliphatic carbocycles. The Balaban J connectivity index is 1.60. The number of ether oxygens (including phenoxy) is 1. The second-order valence-corrected chi connectivity index (χ2v) is 7.93. The molecule has 0 atom stereocenters. The van der Waals surface area contributed by atoms with Gasteiger partial charge in [0.05, 0.1) is 10.7 Å². The Kier molecular flexibility index (Phi) is 7.25. The number of rotatable bonds is 5. The summed E-state index contributed by atoms with van der Waals surface area (Å²) in [5, 5.41) is 7.50. The molecule has 2 aromatic heterocycles. The molecule has 1 N–H and O–H groups in total. The van der Waals surface area contributed by atoms with Gasteiger partial charge in [-0.15, -0.1) is 0 Å². The molecule has 156 valence electrons. The first-order chi connectivity index (χ1) is 13.9. The molecule has 3 rings (SSSR count). The number of hydrogen-bond donors (Lipinski definition) is 1. The van der Waals surface area contributed by atoms with E-state index in [0.29, 0.717) is 5.82 Å². The second-order valence-electron chi connectivity index (χ2n) is 7.52. The average Bonchev–Trinajstić information content (AvgIpc) is 3.00. The van der Waals surface area contributed by atoms with Crippen molar-refractivity contribution in [1.82, 2.24) is 20.1 Å². The summed E-state index contributed by atoms with van der Waals surface area (Å²) in [6, 6.07) is 5.32. The summed E-state index contributed by atoms with van der Waals surface area (Å²) >= 11 is 6.13. The Labute approximate surface area is 175 Å². The predicted octanol–water partition coefficient (Wildman–Crippen LogP) is 3.92. The minimum Gasteiger partial charge on any atom is -0.451 e. The summed E-state index contributed by atoms with van der Waals surface area (Å²) in [6.45, 7) is 3.43. The molecule has 7 nitrogen and oxygen atoms in total. The molecule has 0 spiro atoms. The van der Waals surface area contributed by atoms with Crippen molar-refractivity contribution in [2.45, 2.75) is 64.8 Å². The van der Waals surface area contributed by atoms with Crippen LogP contribution in [0.3, 0.4) is 0 Å². The maximum atomic E-state index is 12.5. The third kappa shape index (κ3) is 5.79. The van der Waals surface area contributed by atoms with E-state index in [1.54, 1.807) is 16.8 Å². The normalized spacial score (nSPS) is 15.4. The lowest BCUT2D eigenvalue weighted by atomic mass is 9.97. The lowest BCUT2D eigenvalue weighted by Gasteiger charge is -2.20. The van der Waals surface area contributed by atoms with E-state index in [0.717, 1.165) is 37.1 Å². The molecule has 0 aromatic carbocycles. The minimum atomic E-state index is -0.730. The summed E-state index contributed by atoms with van der Waals surface area (Å²) in [4.78, 5) is 29.0. The quantitative estimate of drug-likeness (QED) is 0.743. The average molecular weight is 419 g/mol. The summed E-state index contributed by atoms with van der Waals surface area (Å²) < 4.78 is 6.80. The van der Waals surface area contributed by atoms with Crippen molar-refractivity contribution in [2.75, 3.05) is 6.61 Å². The lowest BCUT2D eigenvalue weighted by molar-refractivity contribution is -0.125. The number of pyridine rings is 1. The standard InChI is InChI=1S/C21H27ClN4O3/c1-14-12-15(2)26(25-14)18-11-10-17(22)20(24-18)21(28)29-13-19(27)23-16-8-6-4-3-5-7-9-16/h10-12,16H,3-9,13H2,1-2H3,(H,23,27). The highest BCUT2D eigenvalue weighted by Gasteiger charge is 2.19. The Morgan fingerprint density at radius 3 is 2.52 bits per heavy atom. The fourth-order valence-corrected chi connectivity index (χ4v) is 3.81. The van der Waals surface area contributed by atoms with Crippen molar-refractivity contribution in [2.24, 2.45) is 0 Å². The first-order valence-corrected chi connectivity index (χ1v) is 10.5. The van der Waals surface area contributed by atoms with Crippen molar-refractivity contribution >= 4 is 23.5 Å². The highest BCUT2D eigenvalue weighted by molar-refractivity contribution is 6.33. The second kappa shape index (κ2) is 9.87. The highest BCUT2D eigenvalue weighted by atomic mass is 35.5. The van der Waals surface area contributed by atoms with Gasteiger partial charge in [0.1, 0.15) is 0 Å². The van der Waals surface area contributed by atoms with Crippen molar-refractivity contribution in [3.8, 4) is 5.82 Å². The van der Waals surface area contributed by atoms with Crippen LogP contribution in [0.2, 0.25) is 5.02 Å². The topological polar surface area (TPSA) is 86.1 Å². The third-order valence-corrected chi connectivity index (χ3v) is 5.36. The molecule has 1 aliphatic rings. The fraction of sp³-hybridized carbons (Fsp3) is 0.524. The van der Waals surface area contributed by atoms with E-state index in [-0.39, 0.29) is 29.3 Å². The number of esters is 1. The van der Waals surface area contributed by atoms with Gasteiger partial charge in [-0.3, -0.25) is 4.79 Å². The zero-order chi connectivity index (χ0) is 20.8. The molecule has 0 saturated heterocycles. The van der Waals surface area contributed by atoms with Crippen molar-refractivity contribution in [1.29, 1.82) is 0 Å². The van der Waals surface area contributed by atoms with Gasteiger partial charge in [-0.1, -0.05) is 43.7 Å². The number of amides is 1. The Hall–Kier alpha value is -2.41. The maximum absolute atomic E-state index is 12.5. The lowest BCUT2D eigenvalue weighted by Crippen LogP contribution is -2.38. The van der Waals surface area contributed by atoms with E-state index in [2.05, 4.69) is 15.4 Å². The van der Waals surface area contributed by atoms with Crippen LogP contribution in [0.5, 0.6) is 0 Å². The van der Waals surface area contributed by atoms with Gasteiger partial charge in [0, 0.05) is 11.7 Å². The Morgan fingerprint density at radius 1 is 1.17 bits per heavy atom. The molecule has 29 heavy (non-hydrogen) atoms. The minimum absolute atomic E-state index is 0.0320. The van der Waals surface area contributed by atoms with Crippen molar-refractivity contribution in [3.05, 3.63) is 40.3 Å². The summed E-state index contributed by atoms with van der Waals surface area (Å²) in [7, 11) is 0. The van der Waals surface area contributed by atoms with Gasteiger partial charge in [-0.2, -0.15) is 5.10 Å². The summed E-state index contributed by atoms with van der Waals surface area (Å²) in [5.74, 6) is -0.563. The molecule has 0 unspecified atom stereocenters. The van der Waals surface area contributed by atoms with Crippen LogP contribution >= 0.6 is 11.6 Å². The monoisotopic (exact) mass is 418 g/mol. The van der Waals surface area contributed by atoms with E-state index >= 15 is 0 Å². The van der Waals surface area contributed by atoms with Crippen LogP contribution in [-0.4, -0.2) is 39.3 Å². The van der Waals surface area contributed by atoms with E-state index in [4.69, 9.17) is 16.3 Å². The molecule has 2 aromatic rings. The van der Waals surface area contributed by atoms with Gasteiger partial charge in [0.25, 0.3) is 5.91 Å². The van der Waals surface area contributed by atoms with Crippen molar-refractivity contribution < 1.29 is 14.3 Å². The maximum Gasteiger partial charge on any atom is 0.359 e. The zero-order valence-electron chi connectivity index (χ0n) is 16.9. The fourth-order valence-electron chi connectivity index (χ4n) is 3.62. The van der Waals surface area contributed by atoms with E-state index in [1.165, 1.54) is 19.3 Å². The molecule has 1 fully saturated rings. The molecule has 1 saturated carbocycles. The summed E-state index contributed by atoms with van der Waals surface area (Å²) in [6.07, 6.45) is 7.85. The molecule has 2 heterocycles. The van der Waals surface area contributed by atoms with Crippen molar-refractivity contribution in [3.63, 3.8) is 0 Å². The SMILES string of the molecule is Cc1cc(C)n(-c2ccc(Cl)c(C(=O)OCC(=O)NC3CCCCCCC3)n2)n1. The number of carbonyl (C=O) groups excluding carboxylic acids is 2. The molecule has 0 aliphatic heterocycles. The molecule has 8 heteroatoms. The van der Waals surface area contributed by atoms with Crippen LogP contribution in [0.25, 0.3) is 5.82 Å². The van der Waals surface area contributed by atoms with Gasteiger partial charge < -0.3 is 10.1 Å². The van der Waals surface area contributed by atoms with Crippen LogP contribution in [0, 0.1) is 13.8 Å². The number of halogens is 1. The zero-order valence-corrected chi connectivity index (χ0v) is 17.7. The summed E-state index contributed by atoms with van der Waals surface area (Å²) in [5.41, 5.74) is 1.69. The number of hydrogen-bond acceptors (Lipinski definition) is 5. The van der Waals surface area contributed by atoms with Gasteiger partial charge >= 0.3 is 5.97 Å². The number of nitrogens with one attached hydrogen (secondary N) is 1. The number of nitrogens with zero attached hydrogens (tertiary/aromatic N) is 3. The molecule has 0 bridgehead atoms. The van der Waals surface area contributed by atoms with Crippen LogP contribution in [0.15, 0.2) is 18.2 Å². The third-order valence-electron chi connectivity index (χ3n) is 5.06. The number of aryl methyl sites for hydroxylation is 2. The molecular weight excluding hydrogens is 392 g/mol. The first kappa shape index (κ1) is 21.3. The van der Waals surface area contributed by atoms with E-state index in [9.17, 15) is 9.59 Å². The van der Waals surface area contributed by atoms with Gasteiger partial charge in [0.2, 0.25) is 0 Å². The Bertz CT molecular complexity index is 873. The highest BCUT2D eigenvalue weighted by Crippen LogP contribution is 2.19. The molecular formula is C21H27ClN4O3. The first-order valence-electron chi connectivity index (χ1n) is 10.1. The number of aromatic nitrogens is 3. The van der Waals surface area contributed by atoms with Crippen LogP contribution < -0.4 is 5.32 Å². The van der Waals surface area contributed by atoms with Gasteiger partial charge in [-0.05, 0) is 44.9 Å². The van der Waals surface area contributed by atoms with Gasteiger partial charge in [0.15, 0.2) is 18.1 Å². The van der Waals surface area contributed by atoms with Gasteiger partial charge in [-0.25, -0.2) is 14.5 Å².